The zero-order valence-electron chi connectivity index (χ0n) is 13.7. The minimum atomic E-state index is -0.147. The zero-order valence-corrected chi connectivity index (χ0v) is 15.3. The second kappa shape index (κ2) is 8.64. The fourth-order valence-corrected chi connectivity index (χ4v) is 2.90. The number of amides is 1. The number of rotatable bonds is 7. The molecular weight excluding hydrogens is 370 g/mol. The molecule has 0 aliphatic rings. The molecule has 2 aromatic carbocycles. The molecule has 4 nitrogen and oxygen atoms in total. The predicted octanol–water partition coefficient (Wildman–Crippen LogP) is 4.30. The number of nitrogens with one attached hydrogen (secondary N) is 1. The van der Waals surface area contributed by atoms with Crippen molar-refractivity contribution in [3.8, 4) is 5.75 Å². The molecule has 1 amide bonds. The summed E-state index contributed by atoms with van der Waals surface area (Å²) < 4.78 is 6.03. The number of ketones is 1. The first kappa shape index (κ1) is 18.2. The number of Topliss-reactive ketones (excluding diaryl/α,β-unsaturated/α-hetero) is 1. The highest BCUT2D eigenvalue weighted by Gasteiger charge is 2.13. The van der Waals surface area contributed by atoms with Crippen LogP contribution in [0.3, 0.4) is 0 Å². The summed E-state index contributed by atoms with van der Waals surface area (Å²) in [6, 6.07) is 14.5. The first-order valence-electron chi connectivity index (χ1n) is 7.72. The number of carbonyl (C=O) groups excluding carboxylic acids is 2. The molecule has 0 aliphatic carbocycles. The summed E-state index contributed by atoms with van der Waals surface area (Å²) in [4.78, 5) is 24.1. The molecule has 0 spiro atoms. The van der Waals surface area contributed by atoms with Crippen molar-refractivity contribution >= 4 is 27.6 Å². The first-order valence-corrected chi connectivity index (χ1v) is 8.51. The second-order valence-electron chi connectivity index (χ2n) is 5.47. The highest BCUT2D eigenvalue weighted by molar-refractivity contribution is 9.10. The summed E-state index contributed by atoms with van der Waals surface area (Å²) in [7, 11) is 1.61. The van der Waals surface area contributed by atoms with Gasteiger partial charge in [0.15, 0.2) is 5.78 Å². The van der Waals surface area contributed by atoms with E-state index in [9.17, 15) is 9.59 Å². The van der Waals surface area contributed by atoms with Crippen molar-refractivity contribution in [2.24, 2.45) is 0 Å². The molecule has 0 aliphatic heterocycles. The van der Waals surface area contributed by atoms with E-state index in [1.807, 2.05) is 43.3 Å². The Bertz CT molecular complexity index is 716. The topological polar surface area (TPSA) is 55.4 Å². The molecule has 0 fully saturated rings. The standard InChI is InChI=1S/C19H20BrNO3/c1-13(15-8-10-18(24-2)16(20)12-15)21-19(23)11-9-17(22)14-6-4-3-5-7-14/h3-8,10,12-13H,9,11H2,1-2H3,(H,21,23)/t13-/m0/s1. The maximum Gasteiger partial charge on any atom is 0.220 e. The molecule has 1 atom stereocenters. The summed E-state index contributed by atoms with van der Waals surface area (Å²) in [6.07, 6.45) is 0.379. The van der Waals surface area contributed by atoms with Gasteiger partial charge in [0.2, 0.25) is 5.91 Å². The molecule has 0 unspecified atom stereocenters. The fraction of sp³-hybridized carbons (Fsp3) is 0.263. The summed E-state index contributed by atoms with van der Waals surface area (Å²) in [5.41, 5.74) is 1.60. The maximum atomic E-state index is 12.1. The predicted molar refractivity (Wildman–Crippen MR) is 97.3 cm³/mol. The molecule has 1 N–H and O–H groups in total. The van der Waals surface area contributed by atoms with E-state index in [2.05, 4.69) is 21.2 Å². The lowest BCUT2D eigenvalue weighted by atomic mass is 10.1. The van der Waals surface area contributed by atoms with Gasteiger partial charge in [0.05, 0.1) is 17.6 Å². The van der Waals surface area contributed by atoms with Crippen molar-refractivity contribution in [3.63, 3.8) is 0 Å². The van der Waals surface area contributed by atoms with Gasteiger partial charge in [-0.15, -0.1) is 0 Å². The molecule has 0 heterocycles. The van der Waals surface area contributed by atoms with Crippen LogP contribution >= 0.6 is 15.9 Å². The van der Waals surface area contributed by atoms with E-state index < -0.39 is 0 Å². The van der Waals surface area contributed by atoms with Crippen LogP contribution in [0.1, 0.15) is 41.7 Å². The van der Waals surface area contributed by atoms with Gasteiger partial charge >= 0.3 is 0 Å². The van der Waals surface area contributed by atoms with Gasteiger partial charge in [-0.1, -0.05) is 36.4 Å². The highest BCUT2D eigenvalue weighted by Crippen LogP contribution is 2.28. The number of halogens is 1. The number of hydrogen-bond donors (Lipinski definition) is 1. The Morgan fingerprint density at radius 2 is 1.83 bits per heavy atom. The lowest BCUT2D eigenvalue weighted by Crippen LogP contribution is -2.27. The van der Waals surface area contributed by atoms with Crippen molar-refractivity contribution in [1.82, 2.24) is 5.32 Å². The van der Waals surface area contributed by atoms with Gasteiger partial charge in [-0.3, -0.25) is 9.59 Å². The van der Waals surface area contributed by atoms with Crippen molar-refractivity contribution < 1.29 is 14.3 Å². The monoisotopic (exact) mass is 389 g/mol. The third-order valence-corrected chi connectivity index (χ3v) is 4.35. The lowest BCUT2D eigenvalue weighted by Gasteiger charge is -2.15. The van der Waals surface area contributed by atoms with Crippen LogP contribution in [0.5, 0.6) is 5.75 Å². The molecule has 0 bridgehead atoms. The molecular formula is C19H20BrNO3. The Labute approximate surface area is 150 Å². The van der Waals surface area contributed by atoms with E-state index in [1.165, 1.54) is 0 Å². The normalized spacial score (nSPS) is 11.6. The van der Waals surface area contributed by atoms with Crippen LogP contribution < -0.4 is 10.1 Å². The van der Waals surface area contributed by atoms with Gasteiger partial charge in [-0.05, 0) is 40.5 Å². The van der Waals surface area contributed by atoms with Crippen LogP contribution in [0.15, 0.2) is 53.0 Å². The number of carbonyl (C=O) groups is 2. The number of hydrogen-bond acceptors (Lipinski definition) is 3. The van der Waals surface area contributed by atoms with Crippen molar-refractivity contribution in [3.05, 3.63) is 64.1 Å². The van der Waals surface area contributed by atoms with Gasteiger partial charge in [-0.2, -0.15) is 0 Å². The second-order valence-corrected chi connectivity index (χ2v) is 6.33. The van der Waals surface area contributed by atoms with Crippen LogP contribution in [0.25, 0.3) is 0 Å². The minimum Gasteiger partial charge on any atom is -0.496 e. The Hall–Kier alpha value is -2.14. The van der Waals surface area contributed by atoms with Crippen LogP contribution in [0, 0.1) is 0 Å². The Morgan fingerprint density at radius 3 is 2.46 bits per heavy atom. The van der Waals surface area contributed by atoms with Gasteiger partial charge in [0, 0.05) is 18.4 Å². The fourth-order valence-electron chi connectivity index (χ4n) is 2.34. The molecule has 24 heavy (non-hydrogen) atoms. The molecule has 0 aromatic heterocycles. The Balaban J connectivity index is 1.87. The SMILES string of the molecule is COc1ccc([C@H](C)NC(=O)CCC(=O)c2ccccc2)cc1Br. The van der Waals surface area contributed by atoms with Crippen LogP contribution in [0.4, 0.5) is 0 Å². The van der Waals surface area contributed by atoms with Crippen LogP contribution in [-0.4, -0.2) is 18.8 Å². The summed E-state index contributed by atoms with van der Waals surface area (Å²) >= 11 is 3.44. The van der Waals surface area contributed by atoms with E-state index in [4.69, 9.17) is 4.74 Å². The molecule has 2 rings (SSSR count). The third kappa shape index (κ3) is 4.93. The molecule has 0 saturated carbocycles. The van der Waals surface area contributed by atoms with E-state index >= 15 is 0 Å². The van der Waals surface area contributed by atoms with Crippen LogP contribution in [-0.2, 0) is 4.79 Å². The quantitative estimate of drug-likeness (QED) is 0.718. The van der Waals surface area contributed by atoms with Crippen molar-refractivity contribution in [1.29, 1.82) is 0 Å². The largest absolute Gasteiger partial charge is 0.496 e. The number of benzene rings is 2. The Kier molecular flexibility index (Phi) is 6.55. The Morgan fingerprint density at radius 1 is 1.12 bits per heavy atom. The molecule has 126 valence electrons. The van der Waals surface area contributed by atoms with Gasteiger partial charge in [-0.25, -0.2) is 0 Å². The molecule has 5 heteroatoms. The third-order valence-electron chi connectivity index (χ3n) is 3.73. The van der Waals surface area contributed by atoms with E-state index in [-0.39, 0.29) is 30.6 Å². The number of methoxy groups -OCH3 is 1. The molecule has 2 aromatic rings. The van der Waals surface area contributed by atoms with Gasteiger partial charge in [0.1, 0.15) is 5.75 Å². The average molecular weight is 390 g/mol. The highest BCUT2D eigenvalue weighted by atomic mass is 79.9. The van der Waals surface area contributed by atoms with Crippen molar-refractivity contribution in [2.45, 2.75) is 25.8 Å². The van der Waals surface area contributed by atoms with Crippen LogP contribution in [0.2, 0.25) is 0 Å². The van der Waals surface area contributed by atoms with Gasteiger partial charge in [0.25, 0.3) is 0 Å². The number of ether oxygens (including phenoxy) is 1. The van der Waals surface area contributed by atoms with Gasteiger partial charge < -0.3 is 10.1 Å². The smallest absolute Gasteiger partial charge is 0.220 e. The summed E-state index contributed by atoms with van der Waals surface area (Å²) in [6.45, 7) is 1.91. The maximum absolute atomic E-state index is 12.1. The molecule has 0 radical (unpaired) electrons. The van der Waals surface area contributed by atoms with Crippen molar-refractivity contribution in [2.75, 3.05) is 7.11 Å². The zero-order chi connectivity index (χ0) is 17.5. The molecule has 0 saturated heterocycles. The summed E-state index contributed by atoms with van der Waals surface area (Å²) in [5, 5.41) is 2.91. The van der Waals surface area contributed by atoms with E-state index in [1.54, 1.807) is 19.2 Å². The average Bonchev–Trinajstić information content (AvgIpc) is 2.60. The summed E-state index contributed by atoms with van der Waals surface area (Å²) in [5.74, 6) is 0.579. The lowest BCUT2D eigenvalue weighted by molar-refractivity contribution is -0.121. The van der Waals surface area contributed by atoms with E-state index in [0.29, 0.717) is 5.56 Å². The first-order chi connectivity index (χ1) is 11.5. The van der Waals surface area contributed by atoms with E-state index in [0.717, 1.165) is 15.8 Å². The minimum absolute atomic E-state index is 0.0226.